The van der Waals surface area contributed by atoms with Gasteiger partial charge in [0.25, 0.3) is 0 Å². The average molecular weight is 273 g/mol. The topological polar surface area (TPSA) is 102 Å². The molecule has 7 heteroatoms. The molecule has 18 heavy (non-hydrogen) atoms. The van der Waals surface area contributed by atoms with E-state index in [1.807, 2.05) is 0 Å². The number of halogens is 1. The molecule has 98 valence electrons. The van der Waals surface area contributed by atoms with Crippen molar-refractivity contribution in [2.24, 2.45) is 5.73 Å². The van der Waals surface area contributed by atoms with Crippen molar-refractivity contribution >= 4 is 23.7 Å². The lowest BCUT2D eigenvalue weighted by Gasteiger charge is -2.09. The Hall–Kier alpha value is -1.79. The lowest BCUT2D eigenvalue weighted by molar-refractivity contribution is -0.138. The van der Waals surface area contributed by atoms with Crippen LogP contribution in [0.4, 0.5) is 4.79 Å². The van der Waals surface area contributed by atoms with Crippen molar-refractivity contribution in [2.75, 3.05) is 6.54 Å². The molecule has 0 spiro atoms. The molecule has 0 aromatic heterocycles. The summed E-state index contributed by atoms with van der Waals surface area (Å²) in [6.45, 7) is -0.111. The number of hydrogen-bond acceptors (Lipinski definition) is 4. The van der Waals surface area contributed by atoms with Gasteiger partial charge >= 0.3 is 12.1 Å². The van der Waals surface area contributed by atoms with Crippen LogP contribution in [0.25, 0.3) is 0 Å². The van der Waals surface area contributed by atoms with Crippen LogP contribution in [-0.2, 0) is 16.1 Å². The van der Waals surface area contributed by atoms with E-state index >= 15 is 0 Å². The minimum Gasteiger partial charge on any atom is -0.480 e. The second kappa shape index (κ2) is 6.83. The van der Waals surface area contributed by atoms with Gasteiger partial charge in [-0.1, -0.05) is 23.7 Å². The molecule has 0 aliphatic rings. The number of amides is 1. The van der Waals surface area contributed by atoms with E-state index < -0.39 is 18.1 Å². The zero-order valence-electron chi connectivity index (χ0n) is 9.43. The number of benzene rings is 1. The molecular formula is C11H13ClN2O4. The summed E-state index contributed by atoms with van der Waals surface area (Å²) in [6.07, 6.45) is -0.721. The number of carbonyl (C=O) groups excluding carboxylic acids is 1. The molecule has 0 radical (unpaired) electrons. The number of nitrogens with one attached hydrogen (secondary N) is 1. The standard InChI is InChI=1S/C11H13ClN2O4/c12-8-3-1-7(2-4-8)6-18-11(17)14-5-9(13)10(15)16/h1-4,9H,5-6,13H2,(H,14,17)(H,15,16)/t9-/m0/s1. The predicted molar refractivity (Wildman–Crippen MR) is 65.3 cm³/mol. The normalized spacial score (nSPS) is 11.7. The smallest absolute Gasteiger partial charge is 0.407 e. The van der Waals surface area contributed by atoms with Crippen LogP contribution in [0.1, 0.15) is 5.56 Å². The predicted octanol–water partition coefficient (Wildman–Crippen LogP) is 0.978. The molecular weight excluding hydrogens is 260 g/mol. The quantitative estimate of drug-likeness (QED) is 0.741. The van der Waals surface area contributed by atoms with Crippen molar-refractivity contribution < 1.29 is 19.4 Å². The van der Waals surface area contributed by atoms with Crippen LogP contribution in [0.15, 0.2) is 24.3 Å². The number of ether oxygens (including phenoxy) is 1. The van der Waals surface area contributed by atoms with E-state index in [9.17, 15) is 9.59 Å². The number of hydrogen-bond donors (Lipinski definition) is 3. The van der Waals surface area contributed by atoms with E-state index in [4.69, 9.17) is 27.2 Å². The Labute approximate surface area is 109 Å². The van der Waals surface area contributed by atoms with Crippen LogP contribution in [0.2, 0.25) is 5.02 Å². The van der Waals surface area contributed by atoms with Crippen molar-refractivity contribution in [1.29, 1.82) is 0 Å². The summed E-state index contributed by atoms with van der Waals surface area (Å²) in [4.78, 5) is 21.6. The van der Waals surface area contributed by atoms with E-state index in [1.54, 1.807) is 24.3 Å². The molecule has 0 bridgehead atoms. The van der Waals surface area contributed by atoms with Crippen molar-refractivity contribution in [2.45, 2.75) is 12.6 Å². The minimum atomic E-state index is -1.19. The van der Waals surface area contributed by atoms with Crippen molar-refractivity contribution in [3.05, 3.63) is 34.9 Å². The molecule has 0 saturated heterocycles. The summed E-state index contributed by atoms with van der Waals surface area (Å²) in [6, 6.07) is 5.65. The van der Waals surface area contributed by atoms with E-state index in [2.05, 4.69) is 5.32 Å². The summed E-state index contributed by atoms with van der Waals surface area (Å²) in [5.74, 6) is -1.19. The van der Waals surface area contributed by atoms with Crippen LogP contribution in [-0.4, -0.2) is 29.8 Å². The maximum Gasteiger partial charge on any atom is 0.407 e. The first kappa shape index (κ1) is 14.3. The molecule has 0 saturated carbocycles. The van der Waals surface area contributed by atoms with Gasteiger partial charge in [-0.3, -0.25) is 4.79 Å². The van der Waals surface area contributed by atoms with E-state index in [-0.39, 0.29) is 13.2 Å². The molecule has 0 unspecified atom stereocenters. The molecule has 1 aromatic rings. The molecule has 0 aliphatic heterocycles. The Kier molecular flexibility index (Phi) is 5.41. The molecule has 0 aliphatic carbocycles. The first-order valence-corrected chi connectivity index (χ1v) is 5.50. The number of carbonyl (C=O) groups is 2. The van der Waals surface area contributed by atoms with Crippen molar-refractivity contribution in [3.8, 4) is 0 Å². The number of carboxylic acids is 1. The average Bonchev–Trinajstić information content (AvgIpc) is 2.35. The number of nitrogens with two attached hydrogens (primary N) is 1. The minimum absolute atomic E-state index is 0.0747. The molecule has 0 fully saturated rings. The fraction of sp³-hybridized carbons (Fsp3) is 0.273. The molecule has 1 atom stereocenters. The van der Waals surface area contributed by atoms with Gasteiger partial charge in [-0.25, -0.2) is 4.79 Å². The zero-order chi connectivity index (χ0) is 13.5. The highest BCUT2D eigenvalue weighted by atomic mass is 35.5. The summed E-state index contributed by atoms with van der Waals surface area (Å²) in [7, 11) is 0. The second-order valence-electron chi connectivity index (χ2n) is 3.53. The van der Waals surface area contributed by atoms with Gasteiger partial charge in [0.15, 0.2) is 0 Å². The van der Waals surface area contributed by atoms with Gasteiger partial charge in [0.1, 0.15) is 12.6 Å². The first-order valence-electron chi connectivity index (χ1n) is 5.12. The number of rotatable bonds is 5. The third-order valence-electron chi connectivity index (χ3n) is 2.07. The highest BCUT2D eigenvalue weighted by Gasteiger charge is 2.12. The van der Waals surface area contributed by atoms with Crippen molar-refractivity contribution in [1.82, 2.24) is 5.32 Å². The first-order chi connectivity index (χ1) is 8.49. The summed E-state index contributed by atoms with van der Waals surface area (Å²) >= 11 is 5.70. The fourth-order valence-corrected chi connectivity index (χ4v) is 1.19. The SMILES string of the molecule is N[C@@H](CNC(=O)OCc1ccc(Cl)cc1)C(=O)O. The Bertz CT molecular complexity index is 422. The molecule has 1 amide bonds. The highest BCUT2D eigenvalue weighted by Crippen LogP contribution is 2.10. The summed E-state index contributed by atoms with van der Waals surface area (Å²) in [5, 5.41) is 11.3. The van der Waals surface area contributed by atoms with Crippen LogP contribution in [0.3, 0.4) is 0 Å². The number of carboxylic acid groups (broad SMARTS) is 1. The third-order valence-corrected chi connectivity index (χ3v) is 2.32. The van der Waals surface area contributed by atoms with Crippen LogP contribution in [0, 0.1) is 0 Å². The van der Waals surface area contributed by atoms with Crippen LogP contribution >= 0.6 is 11.6 Å². The molecule has 1 aromatic carbocycles. The van der Waals surface area contributed by atoms with E-state index in [0.717, 1.165) is 5.56 Å². The van der Waals surface area contributed by atoms with Gasteiger partial charge in [-0.15, -0.1) is 0 Å². The van der Waals surface area contributed by atoms with Gasteiger partial charge in [-0.05, 0) is 17.7 Å². The van der Waals surface area contributed by atoms with Gasteiger partial charge in [0.05, 0.1) is 0 Å². The molecule has 0 heterocycles. The van der Waals surface area contributed by atoms with E-state index in [1.165, 1.54) is 0 Å². The zero-order valence-corrected chi connectivity index (χ0v) is 10.2. The fourth-order valence-electron chi connectivity index (χ4n) is 1.06. The molecule has 4 N–H and O–H groups in total. The Balaban J connectivity index is 2.29. The Morgan fingerprint density at radius 3 is 2.56 bits per heavy atom. The van der Waals surface area contributed by atoms with Gasteiger partial charge in [-0.2, -0.15) is 0 Å². The lowest BCUT2D eigenvalue weighted by Crippen LogP contribution is -2.42. The van der Waals surface area contributed by atoms with Gasteiger partial charge < -0.3 is 20.9 Å². The number of aliphatic carboxylic acids is 1. The maximum absolute atomic E-state index is 11.2. The van der Waals surface area contributed by atoms with Crippen LogP contribution in [0.5, 0.6) is 0 Å². The Morgan fingerprint density at radius 2 is 2.00 bits per heavy atom. The number of alkyl carbamates (subject to hydrolysis) is 1. The van der Waals surface area contributed by atoms with Gasteiger partial charge in [0.2, 0.25) is 0 Å². The Morgan fingerprint density at radius 1 is 1.39 bits per heavy atom. The van der Waals surface area contributed by atoms with Crippen molar-refractivity contribution in [3.63, 3.8) is 0 Å². The highest BCUT2D eigenvalue weighted by molar-refractivity contribution is 6.30. The second-order valence-corrected chi connectivity index (χ2v) is 3.96. The molecule has 1 rings (SSSR count). The van der Waals surface area contributed by atoms with Gasteiger partial charge in [0, 0.05) is 11.6 Å². The monoisotopic (exact) mass is 272 g/mol. The summed E-state index contributed by atoms with van der Waals surface area (Å²) < 4.78 is 4.86. The largest absolute Gasteiger partial charge is 0.480 e. The third kappa shape index (κ3) is 5.03. The molecule has 6 nitrogen and oxygen atoms in total. The van der Waals surface area contributed by atoms with Crippen LogP contribution < -0.4 is 11.1 Å². The lowest BCUT2D eigenvalue weighted by atomic mass is 10.2. The van der Waals surface area contributed by atoms with E-state index in [0.29, 0.717) is 5.02 Å². The summed E-state index contributed by atoms with van der Waals surface area (Å²) in [5.41, 5.74) is 5.98. The maximum atomic E-state index is 11.2.